The zero-order valence-electron chi connectivity index (χ0n) is 10.6. The molecule has 110 valence electrons. The molecule has 0 amide bonds. The van der Waals surface area contributed by atoms with Gasteiger partial charge in [-0.2, -0.15) is 0 Å². The number of esters is 1. The van der Waals surface area contributed by atoms with Gasteiger partial charge < -0.3 is 15.6 Å². The molecule has 0 spiro atoms. The van der Waals surface area contributed by atoms with Gasteiger partial charge in [-0.15, -0.1) is 0 Å². The molecule has 0 saturated heterocycles. The molecule has 0 saturated carbocycles. The molecule has 1 aromatic rings. The van der Waals surface area contributed by atoms with Gasteiger partial charge in [0.1, 0.15) is 0 Å². The maximum absolute atomic E-state index is 11.8. The van der Waals surface area contributed by atoms with Crippen LogP contribution in [0.4, 0.5) is 11.4 Å². The Bertz CT molecular complexity index is 626. The predicted octanol–water partition coefficient (Wildman–Crippen LogP) is 0.272. The van der Waals surface area contributed by atoms with Crippen LogP contribution in [-0.4, -0.2) is 38.3 Å². The van der Waals surface area contributed by atoms with Crippen LogP contribution in [-0.2, 0) is 19.6 Å². The Morgan fingerprint density at radius 1 is 1.40 bits per heavy atom. The van der Waals surface area contributed by atoms with Gasteiger partial charge in [0.15, 0.2) is 0 Å². The number of carboxylic acids is 1. The normalized spacial score (nSPS) is 10.8. The van der Waals surface area contributed by atoms with Crippen molar-refractivity contribution in [1.82, 2.24) is 0 Å². The van der Waals surface area contributed by atoms with E-state index in [1.165, 1.54) is 18.2 Å². The second-order valence-electron chi connectivity index (χ2n) is 3.86. The van der Waals surface area contributed by atoms with E-state index < -0.39 is 27.7 Å². The third kappa shape index (κ3) is 4.43. The maximum atomic E-state index is 11.8. The number of nitrogens with one attached hydrogen (secondary N) is 1. The molecule has 0 aliphatic carbocycles. The first kappa shape index (κ1) is 15.8. The minimum Gasteiger partial charge on any atom is -0.478 e. The summed E-state index contributed by atoms with van der Waals surface area (Å²) in [6.07, 6.45) is -0.337. The number of ether oxygens (including phenoxy) is 1. The maximum Gasteiger partial charge on any atom is 0.337 e. The lowest BCUT2D eigenvalue weighted by molar-refractivity contribution is -0.140. The Morgan fingerprint density at radius 3 is 2.60 bits per heavy atom. The van der Waals surface area contributed by atoms with Crippen LogP contribution in [0.1, 0.15) is 16.8 Å². The van der Waals surface area contributed by atoms with Gasteiger partial charge in [0, 0.05) is 5.69 Å². The van der Waals surface area contributed by atoms with Crippen LogP contribution in [0.2, 0.25) is 0 Å². The highest BCUT2D eigenvalue weighted by atomic mass is 32.2. The number of anilines is 2. The molecule has 0 radical (unpaired) electrons. The van der Waals surface area contributed by atoms with E-state index >= 15 is 0 Å². The average Bonchev–Trinajstić information content (AvgIpc) is 2.35. The second kappa shape index (κ2) is 6.24. The first-order chi connectivity index (χ1) is 9.25. The summed E-state index contributed by atoms with van der Waals surface area (Å²) < 4.78 is 29.9. The number of hydrogen-bond donors (Lipinski definition) is 3. The number of hydrogen-bond acceptors (Lipinski definition) is 6. The van der Waals surface area contributed by atoms with Crippen LogP contribution in [0.3, 0.4) is 0 Å². The molecule has 9 heteroatoms. The molecule has 20 heavy (non-hydrogen) atoms. The Kier molecular flexibility index (Phi) is 4.92. The van der Waals surface area contributed by atoms with Crippen molar-refractivity contribution >= 4 is 33.3 Å². The Hall–Kier alpha value is -2.29. The first-order valence-electron chi connectivity index (χ1n) is 5.45. The molecule has 1 rings (SSSR count). The van der Waals surface area contributed by atoms with E-state index in [1.807, 2.05) is 0 Å². The van der Waals surface area contributed by atoms with Crippen molar-refractivity contribution in [3.05, 3.63) is 23.8 Å². The number of benzene rings is 1. The summed E-state index contributed by atoms with van der Waals surface area (Å²) >= 11 is 0. The van der Waals surface area contributed by atoms with E-state index in [0.29, 0.717) is 0 Å². The third-order valence-corrected chi connectivity index (χ3v) is 3.61. The van der Waals surface area contributed by atoms with Gasteiger partial charge in [0.2, 0.25) is 10.0 Å². The van der Waals surface area contributed by atoms with Gasteiger partial charge >= 0.3 is 11.9 Å². The number of aromatic carboxylic acids is 1. The molecule has 0 aliphatic heterocycles. The highest BCUT2D eigenvalue weighted by Crippen LogP contribution is 2.20. The lowest BCUT2D eigenvalue weighted by Gasteiger charge is -2.10. The van der Waals surface area contributed by atoms with Gasteiger partial charge in [0.25, 0.3) is 0 Å². The summed E-state index contributed by atoms with van der Waals surface area (Å²) in [6, 6.07) is 3.73. The summed E-state index contributed by atoms with van der Waals surface area (Å²) in [5, 5.41) is 8.96. The molecule has 0 aromatic heterocycles. The van der Waals surface area contributed by atoms with Gasteiger partial charge in [0.05, 0.1) is 30.5 Å². The Morgan fingerprint density at radius 2 is 2.05 bits per heavy atom. The van der Waals surface area contributed by atoms with E-state index in [9.17, 15) is 18.0 Å². The summed E-state index contributed by atoms with van der Waals surface area (Å²) in [5.41, 5.74) is 5.31. The lowest BCUT2D eigenvalue weighted by atomic mass is 10.1. The highest BCUT2D eigenvalue weighted by Gasteiger charge is 2.18. The van der Waals surface area contributed by atoms with Crippen LogP contribution in [0.25, 0.3) is 0 Å². The van der Waals surface area contributed by atoms with E-state index in [2.05, 4.69) is 9.46 Å². The molecule has 0 unspecified atom stereocenters. The number of sulfonamides is 1. The topological polar surface area (TPSA) is 136 Å². The van der Waals surface area contributed by atoms with E-state index in [1.54, 1.807) is 0 Å². The van der Waals surface area contributed by atoms with Crippen LogP contribution in [0.15, 0.2) is 18.2 Å². The largest absolute Gasteiger partial charge is 0.478 e. The molecule has 1 aromatic carbocycles. The first-order valence-corrected chi connectivity index (χ1v) is 7.10. The number of carbonyl (C=O) groups is 2. The molecule has 0 fully saturated rings. The Labute approximate surface area is 115 Å². The van der Waals surface area contributed by atoms with Gasteiger partial charge in [-0.1, -0.05) is 0 Å². The fraction of sp³-hybridized carbons (Fsp3) is 0.273. The zero-order chi connectivity index (χ0) is 15.3. The van der Waals surface area contributed by atoms with Crippen molar-refractivity contribution in [3.63, 3.8) is 0 Å². The lowest BCUT2D eigenvalue weighted by Crippen LogP contribution is -2.21. The van der Waals surface area contributed by atoms with Crippen molar-refractivity contribution in [2.75, 3.05) is 23.3 Å². The third-order valence-electron chi connectivity index (χ3n) is 2.34. The monoisotopic (exact) mass is 302 g/mol. The van der Waals surface area contributed by atoms with Gasteiger partial charge in [-0.05, 0) is 18.2 Å². The smallest absolute Gasteiger partial charge is 0.337 e. The SMILES string of the molecule is COC(=O)CCS(=O)(=O)Nc1cc(N)ccc1C(=O)O. The van der Waals surface area contributed by atoms with Crippen molar-refractivity contribution in [1.29, 1.82) is 0 Å². The van der Waals surface area contributed by atoms with E-state index in [4.69, 9.17) is 10.8 Å². The molecule has 0 atom stereocenters. The number of nitrogen functional groups attached to an aromatic ring is 1. The van der Waals surface area contributed by atoms with Crippen molar-refractivity contribution in [2.24, 2.45) is 0 Å². The standard InChI is InChI=1S/C11H14N2O6S/c1-19-10(14)4-5-20(17,18)13-9-6-7(12)2-3-8(9)11(15)16/h2-3,6,13H,4-5,12H2,1H3,(H,15,16). The van der Waals surface area contributed by atoms with E-state index in [0.717, 1.165) is 7.11 Å². The second-order valence-corrected chi connectivity index (χ2v) is 5.70. The minimum absolute atomic E-state index is 0.151. The fourth-order valence-corrected chi connectivity index (χ4v) is 2.41. The quantitative estimate of drug-likeness (QED) is 0.507. The molecular weight excluding hydrogens is 288 g/mol. The van der Waals surface area contributed by atoms with E-state index in [-0.39, 0.29) is 23.4 Å². The number of rotatable bonds is 6. The summed E-state index contributed by atoms with van der Waals surface area (Å²) in [4.78, 5) is 21.9. The highest BCUT2D eigenvalue weighted by molar-refractivity contribution is 7.92. The molecule has 8 nitrogen and oxygen atoms in total. The van der Waals surface area contributed by atoms with Crippen LogP contribution in [0, 0.1) is 0 Å². The molecule has 0 bridgehead atoms. The van der Waals surface area contributed by atoms with Crippen molar-refractivity contribution in [3.8, 4) is 0 Å². The van der Waals surface area contributed by atoms with Crippen LogP contribution < -0.4 is 10.5 Å². The van der Waals surface area contributed by atoms with Crippen molar-refractivity contribution in [2.45, 2.75) is 6.42 Å². The molecule has 0 aliphatic rings. The summed E-state index contributed by atoms with van der Waals surface area (Å²) in [6.45, 7) is 0. The molecule has 0 heterocycles. The van der Waals surface area contributed by atoms with Crippen LogP contribution in [0.5, 0.6) is 0 Å². The summed E-state index contributed by atoms with van der Waals surface area (Å²) in [5.74, 6) is -2.50. The average molecular weight is 302 g/mol. The van der Waals surface area contributed by atoms with Crippen LogP contribution >= 0.6 is 0 Å². The number of nitrogens with two attached hydrogens (primary N) is 1. The molecular formula is C11H14N2O6S. The fourth-order valence-electron chi connectivity index (χ4n) is 1.37. The van der Waals surface area contributed by atoms with Crippen molar-refractivity contribution < 1.29 is 27.9 Å². The van der Waals surface area contributed by atoms with Gasteiger partial charge in [-0.3, -0.25) is 9.52 Å². The number of methoxy groups -OCH3 is 1. The molecule has 4 N–H and O–H groups in total. The Balaban J connectivity index is 2.94. The number of carbonyl (C=O) groups excluding carboxylic acids is 1. The predicted molar refractivity (Wildman–Crippen MR) is 71.9 cm³/mol. The van der Waals surface area contributed by atoms with Gasteiger partial charge in [-0.25, -0.2) is 13.2 Å². The number of carboxylic acid groups (broad SMARTS) is 1. The summed E-state index contributed by atoms with van der Waals surface area (Å²) in [7, 11) is -2.74. The minimum atomic E-state index is -3.88. The zero-order valence-corrected chi connectivity index (χ0v) is 11.4.